The van der Waals surface area contributed by atoms with Gasteiger partial charge in [-0.3, -0.25) is 0 Å². The minimum Gasteiger partial charge on any atom is -0.442 e. The van der Waals surface area contributed by atoms with Crippen molar-refractivity contribution in [1.29, 1.82) is 0 Å². The zero-order valence-electron chi connectivity index (χ0n) is 12.4. The molecule has 0 aromatic rings. The minimum absolute atomic E-state index is 0.0472. The zero-order valence-corrected chi connectivity index (χ0v) is 12.4. The van der Waals surface area contributed by atoms with Crippen molar-refractivity contribution in [3.8, 4) is 0 Å². The second-order valence-electron chi connectivity index (χ2n) is 6.38. The molecule has 0 spiro atoms. The van der Waals surface area contributed by atoms with Gasteiger partial charge in [-0.1, -0.05) is 20.8 Å². The lowest BCUT2D eigenvalue weighted by atomic mass is 9.97. The first kappa shape index (κ1) is 15.6. The fraction of sp³-hybridized carbons (Fsp3) is 0.846. The van der Waals surface area contributed by atoms with Crippen LogP contribution in [0.1, 0.15) is 34.6 Å². The Morgan fingerprint density at radius 3 is 2.53 bits per heavy atom. The van der Waals surface area contributed by atoms with Crippen LogP contribution < -0.4 is 10.6 Å². The molecule has 1 aliphatic heterocycles. The van der Waals surface area contributed by atoms with Gasteiger partial charge in [0.05, 0.1) is 13.1 Å². The summed E-state index contributed by atoms with van der Waals surface area (Å²) in [6, 6.07) is -0.110. The molecule has 1 aliphatic rings. The van der Waals surface area contributed by atoms with Crippen LogP contribution in [0.3, 0.4) is 0 Å². The van der Waals surface area contributed by atoms with E-state index in [0.717, 1.165) is 0 Å². The lowest BCUT2D eigenvalue weighted by molar-refractivity contribution is 0.129. The molecule has 1 heterocycles. The highest BCUT2D eigenvalue weighted by Crippen LogP contribution is 2.13. The molecule has 0 radical (unpaired) electrons. The Labute approximate surface area is 114 Å². The number of ether oxygens (including phenoxy) is 1. The van der Waals surface area contributed by atoms with Gasteiger partial charge in [-0.2, -0.15) is 0 Å². The van der Waals surface area contributed by atoms with Gasteiger partial charge >= 0.3 is 12.1 Å². The smallest absolute Gasteiger partial charge is 0.410 e. The number of urea groups is 1. The van der Waals surface area contributed by atoms with Crippen LogP contribution in [-0.2, 0) is 4.74 Å². The average Bonchev–Trinajstić information content (AvgIpc) is 2.64. The molecule has 0 aliphatic carbocycles. The van der Waals surface area contributed by atoms with E-state index in [4.69, 9.17) is 4.74 Å². The maximum Gasteiger partial charge on any atom is 0.410 e. The van der Waals surface area contributed by atoms with E-state index in [1.807, 2.05) is 34.6 Å². The van der Waals surface area contributed by atoms with Gasteiger partial charge in [-0.25, -0.2) is 9.59 Å². The van der Waals surface area contributed by atoms with E-state index < -0.39 is 0 Å². The van der Waals surface area contributed by atoms with Crippen LogP contribution in [0.15, 0.2) is 0 Å². The summed E-state index contributed by atoms with van der Waals surface area (Å²) in [5.41, 5.74) is 0.0472. The van der Waals surface area contributed by atoms with Crippen LogP contribution in [0.2, 0.25) is 0 Å². The van der Waals surface area contributed by atoms with E-state index in [0.29, 0.717) is 19.6 Å². The summed E-state index contributed by atoms with van der Waals surface area (Å²) in [4.78, 5) is 24.7. The standard InChI is InChI=1S/C13H25N3O3/c1-9(2)16-7-10(19-12(16)18)6-14-11(17)15-8-13(3,4)5/h9-10H,6-8H2,1-5H3,(H2,14,15,17). The van der Waals surface area contributed by atoms with Gasteiger partial charge in [0, 0.05) is 12.6 Å². The third-order valence-corrected chi connectivity index (χ3v) is 2.80. The first-order chi connectivity index (χ1) is 8.69. The molecule has 3 amide bonds. The highest BCUT2D eigenvalue weighted by Gasteiger charge is 2.32. The van der Waals surface area contributed by atoms with Gasteiger partial charge in [0.1, 0.15) is 6.10 Å². The highest BCUT2D eigenvalue weighted by atomic mass is 16.6. The normalized spacial score (nSPS) is 19.6. The average molecular weight is 271 g/mol. The molecule has 0 aromatic heterocycles. The van der Waals surface area contributed by atoms with Crippen LogP contribution in [0.5, 0.6) is 0 Å². The molecular formula is C13H25N3O3. The maximum atomic E-state index is 11.6. The Morgan fingerprint density at radius 1 is 1.42 bits per heavy atom. The quantitative estimate of drug-likeness (QED) is 0.815. The molecule has 1 rings (SSSR count). The maximum absolute atomic E-state index is 11.6. The summed E-state index contributed by atoms with van der Waals surface area (Å²) in [6.45, 7) is 11.5. The number of rotatable bonds is 4. The molecule has 110 valence electrons. The summed E-state index contributed by atoms with van der Waals surface area (Å²) in [5.74, 6) is 0. The van der Waals surface area contributed by atoms with Crippen molar-refractivity contribution in [3.63, 3.8) is 0 Å². The van der Waals surface area contributed by atoms with Crippen molar-refractivity contribution in [2.45, 2.75) is 46.8 Å². The molecule has 19 heavy (non-hydrogen) atoms. The van der Waals surface area contributed by atoms with Gasteiger partial charge < -0.3 is 20.3 Å². The molecule has 6 nitrogen and oxygen atoms in total. The first-order valence-corrected chi connectivity index (χ1v) is 6.68. The SMILES string of the molecule is CC(C)N1CC(CNC(=O)NCC(C)(C)C)OC1=O. The van der Waals surface area contributed by atoms with Crippen molar-refractivity contribution in [1.82, 2.24) is 15.5 Å². The summed E-state index contributed by atoms with van der Waals surface area (Å²) < 4.78 is 5.18. The van der Waals surface area contributed by atoms with Gasteiger partial charge in [0.25, 0.3) is 0 Å². The van der Waals surface area contributed by atoms with E-state index in [9.17, 15) is 9.59 Å². The molecule has 0 bridgehead atoms. The van der Waals surface area contributed by atoms with Crippen molar-refractivity contribution in [2.24, 2.45) is 5.41 Å². The van der Waals surface area contributed by atoms with Crippen LogP contribution in [0, 0.1) is 5.41 Å². The monoisotopic (exact) mass is 271 g/mol. The molecule has 2 N–H and O–H groups in total. The minimum atomic E-state index is -0.308. The van der Waals surface area contributed by atoms with Gasteiger partial charge in [-0.05, 0) is 19.3 Å². The molecular weight excluding hydrogens is 246 g/mol. The van der Waals surface area contributed by atoms with Crippen molar-refractivity contribution >= 4 is 12.1 Å². The zero-order chi connectivity index (χ0) is 14.6. The Bertz CT molecular complexity index is 337. The van der Waals surface area contributed by atoms with Crippen LogP contribution >= 0.6 is 0 Å². The third kappa shape index (κ3) is 5.36. The summed E-state index contributed by atoms with van der Waals surface area (Å²) in [5, 5.41) is 5.51. The lowest BCUT2D eigenvalue weighted by Crippen LogP contribution is -2.43. The Hall–Kier alpha value is -1.46. The molecule has 0 aromatic carbocycles. The Balaban J connectivity index is 2.27. The Kier molecular flexibility index (Phi) is 5.03. The van der Waals surface area contributed by atoms with Gasteiger partial charge in [0.15, 0.2) is 0 Å². The van der Waals surface area contributed by atoms with E-state index in [1.54, 1.807) is 4.90 Å². The van der Waals surface area contributed by atoms with Gasteiger partial charge in [0.2, 0.25) is 0 Å². The van der Waals surface area contributed by atoms with E-state index in [1.165, 1.54) is 0 Å². The van der Waals surface area contributed by atoms with E-state index in [2.05, 4.69) is 10.6 Å². The molecule has 1 unspecified atom stereocenters. The number of nitrogens with zero attached hydrogens (tertiary/aromatic N) is 1. The number of hydrogen-bond donors (Lipinski definition) is 2. The number of carbonyl (C=O) groups is 2. The highest BCUT2D eigenvalue weighted by molar-refractivity contribution is 5.74. The largest absolute Gasteiger partial charge is 0.442 e. The summed E-state index contributed by atoms with van der Waals surface area (Å²) in [6.07, 6.45) is -0.577. The lowest BCUT2D eigenvalue weighted by Gasteiger charge is -2.19. The Morgan fingerprint density at radius 2 is 2.05 bits per heavy atom. The number of nitrogens with one attached hydrogen (secondary N) is 2. The number of cyclic esters (lactones) is 1. The van der Waals surface area contributed by atoms with Crippen molar-refractivity contribution in [2.75, 3.05) is 19.6 Å². The van der Waals surface area contributed by atoms with Crippen LogP contribution in [0.25, 0.3) is 0 Å². The van der Waals surface area contributed by atoms with Crippen molar-refractivity contribution in [3.05, 3.63) is 0 Å². The first-order valence-electron chi connectivity index (χ1n) is 6.68. The van der Waals surface area contributed by atoms with Crippen molar-refractivity contribution < 1.29 is 14.3 Å². The number of carbonyl (C=O) groups excluding carboxylic acids is 2. The summed E-state index contributed by atoms with van der Waals surface area (Å²) in [7, 11) is 0. The van der Waals surface area contributed by atoms with Gasteiger partial charge in [-0.15, -0.1) is 0 Å². The summed E-state index contributed by atoms with van der Waals surface area (Å²) >= 11 is 0. The fourth-order valence-corrected chi connectivity index (χ4v) is 1.68. The topological polar surface area (TPSA) is 70.7 Å². The van der Waals surface area contributed by atoms with Crippen LogP contribution in [0.4, 0.5) is 9.59 Å². The second-order valence-corrected chi connectivity index (χ2v) is 6.38. The van der Waals surface area contributed by atoms with E-state index in [-0.39, 0.29) is 29.7 Å². The van der Waals surface area contributed by atoms with Crippen LogP contribution in [-0.4, -0.2) is 48.8 Å². The predicted molar refractivity (Wildman–Crippen MR) is 73.0 cm³/mol. The fourth-order valence-electron chi connectivity index (χ4n) is 1.68. The third-order valence-electron chi connectivity index (χ3n) is 2.80. The second kappa shape index (κ2) is 6.12. The van der Waals surface area contributed by atoms with E-state index >= 15 is 0 Å². The molecule has 1 fully saturated rings. The molecule has 0 saturated carbocycles. The number of amides is 3. The molecule has 6 heteroatoms. The molecule has 1 saturated heterocycles. The number of hydrogen-bond acceptors (Lipinski definition) is 3. The molecule has 1 atom stereocenters. The predicted octanol–water partition coefficient (Wildman–Crippen LogP) is 1.56.